The number of halogens is 1. The van der Waals surface area contributed by atoms with Crippen LogP contribution >= 0.6 is 0 Å². The molecule has 0 aliphatic heterocycles. The zero-order valence-electron chi connectivity index (χ0n) is 15.8. The van der Waals surface area contributed by atoms with Crippen LogP contribution in [-0.2, 0) is 27.9 Å². The Labute approximate surface area is 160 Å². The van der Waals surface area contributed by atoms with Crippen LogP contribution in [0.5, 0.6) is 0 Å². The van der Waals surface area contributed by atoms with Crippen molar-refractivity contribution >= 4 is 15.9 Å². The smallest absolute Gasteiger partial charge is 0.238 e. The van der Waals surface area contributed by atoms with Crippen molar-refractivity contribution < 1.29 is 17.6 Å². The third-order valence-electron chi connectivity index (χ3n) is 4.19. The Morgan fingerprint density at radius 2 is 1.52 bits per heavy atom. The fourth-order valence-electron chi connectivity index (χ4n) is 2.66. The van der Waals surface area contributed by atoms with Gasteiger partial charge in [0.25, 0.3) is 0 Å². The first-order valence-electron chi connectivity index (χ1n) is 8.70. The molecule has 0 bridgehead atoms. The molecule has 27 heavy (non-hydrogen) atoms. The van der Waals surface area contributed by atoms with Gasteiger partial charge in [-0.1, -0.05) is 42.5 Å². The number of nitrogens with zero attached hydrogens (tertiary/aromatic N) is 2. The van der Waals surface area contributed by atoms with Gasteiger partial charge >= 0.3 is 0 Å². The number of hydrogen-bond acceptors (Lipinski definition) is 3. The van der Waals surface area contributed by atoms with E-state index in [0.29, 0.717) is 12.1 Å². The summed E-state index contributed by atoms with van der Waals surface area (Å²) in [6.07, 6.45) is 1.07. The van der Waals surface area contributed by atoms with Crippen molar-refractivity contribution in [2.24, 2.45) is 0 Å². The Hall–Kier alpha value is -2.25. The van der Waals surface area contributed by atoms with Gasteiger partial charge in [0.15, 0.2) is 0 Å². The number of sulfonamides is 1. The van der Waals surface area contributed by atoms with Crippen LogP contribution in [0.3, 0.4) is 0 Å². The first-order chi connectivity index (χ1) is 12.7. The second-order valence-electron chi connectivity index (χ2n) is 6.76. The molecule has 0 aliphatic rings. The van der Waals surface area contributed by atoms with Crippen LogP contribution in [0.4, 0.5) is 4.39 Å². The van der Waals surface area contributed by atoms with Gasteiger partial charge in [0.2, 0.25) is 15.9 Å². The fraction of sp³-hybridized carbons (Fsp3) is 0.350. The number of carbonyl (C=O) groups excluding carboxylic acids is 1. The molecule has 2 aromatic carbocycles. The summed E-state index contributed by atoms with van der Waals surface area (Å²) < 4.78 is 38.5. The SMILES string of the molecule is CC(C)N(Cc1ccccc1)C(=O)CN(Cc1ccc(F)cc1)S(C)(=O)=O. The zero-order chi connectivity index (χ0) is 20.0. The van der Waals surface area contributed by atoms with Gasteiger partial charge in [-0.3, -0.25) is 4.79 Å². The third-order valence-corrected chi connectivity index (χ3v) is 5.39. The van der Waals surface area contributed by atoms with E-state index in [-0.39, 0.29) is 25.0 Å². The maximum absolute atomic E-state index is 13.1. The molecule has 0 heterocycles. The van der Waals surface area contributed by atoms with Crippen molar-refractivity contribution in [2.75, 3.05) is 12.8 Å². The van der Waals surface area contributed by atoms with Crippen LogP contribution in [0.15, 0.2) is 54.6 Å². The molecule has 0 radical (unpaired) electrons. The first-order valence-corrected chi connectivity index (χ1v) is 10.5. The van der Waals surface area contributed by atoms with E-state index in [0.717, 1.165) is 16.1 Å². The maximum Gasteiger partial charge on any atom is 0.238 e. The Bertz CT molecular complexity index is 853. The van der Waals surface area contributed by atoms with Gasteiger partial charge in [0.1, 0.15) is 5.82 Å². The maximum atomic E-state index is 13.1. The van der Waals surface area contributed by atoms with Gasteiger partial charge in [0.05, 0.1) is 12.8 Å². The highest BCUT2D eigenvalue weighted by Crippen LogP contribution is 2.13. The number of amides is 1. The normalized spacial score (nSPS) is 11.8. The van der Waals surface area contributed by atoms with Crippen molar-refractivity contribution in [1.29, 1.82) is 0 Å². The molecule has 0 N–H and O–H groups in total. The lowest BCUT2D eigenvalue weighted by Crippen LogP contribution is -2.44. The van der Waals surface area contributed by atoms with Gasteiger partial charge in [-0.2, -0.15) is 4.31 Å². The van der Waals surface area contributed by atoms with Crippen LogP contribution in [0.1, 0.15) is 25.0 Å². The first kappa shape index (κ1) is 21.1. The topological polar surface area (TPSA) is 57.7 Å². The van der Waals surface area contributed by atoms with Crippen molar-refractivity contribution in [3.63, 3.8) is 0 Å². The van der Waals surface area contributed by atoms with Gasteiger partial charge in [-0.15, -0.1) is 0 Å². The minimum absolute atomic E-state index is 0.0160. The van der Waals surface area contributed by atoms with Crippen molar-refractivity contribution in [3.05, 3.63) is 71.5 Å². The molecule has 0 atom stereocenters. The Kier molecular flexibility index (Phi) is 7.10. The average Bonchev–Trinajstić information content (AvgIpc) is 2.60. The van der Waals surface area contributed by atoms with Crippen LogP contribution in [-0.4, -0.2) is 42.4 Å². The lowest BCUT2D eigenvalue weighted by atomic mass is 10.2. The van der Waals surface area contributed by atoms with Gasteiger partial charge in [-0.05, 0) is 37.1 Å². The van der Waals surface area contributed by atoms with Crippen LogP contribution in [0, 0.1) is 5.82 Å². The van der Waals surface area contributed by atoms with E-state index in [1.807, 2.05) is 44.2 Å². The van der Waals surface area contributed by atoms with E-state index in [4.69, 9.17) is 0 Å². The number of rotatable bonds is 8. The predicted molar refractivity (Wildman–Crippen MR) is 104 cm³/mol. The van der Waals surface area contributed by atoms with E-state index in [1.54, 1.807) is 4.90 Å². The number of carbonyl (C=O) groups is 1. The second kappa shape index (κ2) is 9.10. The second-order valence-corrected chi connectivity index (χ2v) is 8.74. The zero-order valence-corrected chi connectivity index (χ0v) is 16.6. The van der Waals surface area contributed by atoms with Crippen molar-refractivity contribution in [3.8, 4) is 0 Å². The highest BCUT2D eigenvalue weighted by atomic mass is 32.2. The largest absolute Gasteiger partial charge is 0.335 e. The van der Waals surface area contributed by atoms with E-state index in [9.17, 15) is 17.6 Å². The molecule has 1 amide bonds. The van der Waals surface area contributed by atoms with Gasteiger partial charge in [-0.25, -0.2) is 12.8 Å². The van der Waals surface area contributed by atoms with Gasteiger partial charge < -0.3 is 4.90 Å². The van der Waals surface area contributed by atoms with Crippen LogP contribution in [0.2, 0.25) is 0 Å². The van der Waals surface area contributed by atoms with E-state index in [2.05, 4.69) is 0 Å². The minimum atomic E-state index is -3.61. The standard InChI is InChI=1S/C20H25FN2O3S/c1-16(2)23(14-17-7-5-4-6-8-17)20(24)15-22(27(3,25)26)13-18-9-11-19(21)12-10-18/h4-12,16H,13-15H2,1-3H3. The highest BCUT2D eigenvalue weighted by Gasteiger charge is 2.25. The summed E-state index contributed by atoms with van der Waals surface area (Å²) >= 11 is 0. The Morgan fingerprint density at radius 3 is 2.04 bits per heavy atom. The molecule has 0 saturated carbocycles. The van der Waals surface area contributed by atoms with Gasteiger partial charge in [0, 0.05) is 19.1 Å². The van der Waals surface area contributed by atoms with Crippen LogP contribution < -0.4 is 0 Å². The summed E-state index contributed by atoms with van der Waals surface area (Å²) in [5.41, 5.74) is 1.60. The van der Waals surface area contributed by atoms with E-state index in [1.165, 1.54) is 24.3 Å². The molecule has 7 heteroatoms. The highest BCUT2D eigenvalue weighted by molar-refractivity contribution is 7.88. The number of benzene rings is 2. The summed E-state index contributed by atoms with van der Waals surface area (Å²) in [6.45, 7) is 3.95. The summed E-state index contributed by atoms with van der Waals surface area (Å²) in [4.78, 5) is 14.5. The molecule has 146 valence electrons. The fourth-order valence-corrected chi connectivity index (χ4v) is 3.39. The quantitative estimate of drug-likeness (QED) is 0.694. The monoisotopic (exact) mass is 392 g/mol. The van der Waals surface area contributed by atoms with E-state index < -0.39 is 15.8 Å². The Balaban J connectivity index is 2.16. The Morgan fingerprint density at radius 1 is 0.963 bits per heavy atom. The summed E-state index contributed by atoms with van der Waals surface area (Å²) in [5.74, 6) is -0.670. The van der Waals surface area contributed by atoms with Crippen LogP contribution in [0.25, 0.3) is 0 Å². The molecular formula is C20H25FN2O3S. The summed E-state index contributed by atoms with van der Waals surface area (Å²) in [6, 6.07) is 15.0. The average molecular weight is 392 g/mol. The molecule has 0 spiro atoms. The minimum Gasteiger partial charge on any atom is -0.335 e. The molecule has 0 fully saturated rings. The van der Waals surface area contributed by atoms with E-state index >= 15 is 0 Å². The van der Waals surface area contributed by atoms with Crippen molar-refractivity contribution in [2.45, 2.75) is 33.0 Å². The molecule has 0 aliphatic carbocycles. The predicted octanol–water partition coefficient (Wildman–Crippen LogP) is 3.02. The molecule has 0 unspecified atom stereocenters. The molecule has 0 aromatic heterocycles. The molecule has 2 rings (SSSR count). The molecule has 5 nitrogen and oxygen atoms in total. The molecule has 0 saturated heterocycles. The molecule has 2 aromatic rings. The number of hydrogen-bond donors (Lipinski definition) is 0. The lowest BCUT2D eigenvalue weighted by Gasteiger charge is -2.29. The lowest BCUT2D eigenvalue weighted by molar-refractivity contribution is -0.133. The summed E-state index contributed by atoms with van der Waals surface area (Å²) in [7, 11) is -3.61. The third kappa shape index (κ3) is 6.45. The molecular weight excluding hydrogens is 367 g/mol. The van der Waals surface area contributed by atoms with Crippen molar-refractivity contribution in [1.82, 2.24) is 9.21 Å². The summed E-state index contributed by atoms with van der Waals surface area (Å²) in [5, 5.41) is 0.